The number of benzene rings is 1. The van der Waals surface area contributed by atoms with Crippen LogP contribution in [0.2, 0.25) is 0 Å². The molecule has 0 bridgehead atoms. The second-order valence-corrected chi connectivity index (χ2v) is 4.42. The highest BCUT2D eigenvalue weighted by atomic mass is 16.5. The number of hydrogen-bond donors (Lipinski definition) is 1. The Balaban J connectivity index is 2.50. The first kappa shape index (κ1) is 13.5. The maximum Gasteiger partial charge on any atom is 0.330 e. The summed E-state index contributed by atoms with van der Waals surface area (Å²) in [6.07, 6.45) is 3.25. The van der Waals surface area contributed by atoms with Crippen molar-refractivity contribution in [2.24, 2.45) is 0 Å². The summed E-state index contributed by atoms with van der Waals surface area (Å²) in [5, 5.41) is 3.36. The van der Waals surface area contributed by atoms with Crippen molar-refractivity contribution in [1.82, 2.24) is 5.32 Å². The summed E-state index contributed by atoms with van der Waals surface area (Å²) in [4.78, 5) is 11.0. The molecule has 92 valence electrons. The zero-order chi connectivity index (χ0) is 12.7. The van der Waals surface area contributed by atoms with Crippen LogP contribution in [0.1, 0.15) is 19.4 Å². The van der Waals surface area contributed by atoms with E-state index in [1.54, 1.807) is 0 Å². The third-order valence-electron chi connectivity index (χ3n) is 2.43. The van der Waals surface area contributed by atoms with Gasteiger partial charge in [0.25, 0.3) is 0 Å². The molecule has 0 aromatic heterocycles. The Kier molecular flexibility index (Phi) is 4.91. The van der Waals surface area contributed by atoms with Crippen LogP contribution in [0.5, 0.6) is 0 Å². The van der Waals surface area contributed by atoms with Crippen LogP contribution >= 0.6 is 0 Å². The van der Waals surface area contributed by atoms with E-state index in [1.165, 1.54) is 18.7 Å². The molecule has 3 nitrogen and oxygen atoms in total. The molecule has 0 saturated carbocycles. The standard InChI is InChI=1S/C14H19NO2/c1-14(2,10-9-13(16)17-3)15-11-12-7-5-4-6-8-12/h4-10,15H,11H2,1-3H3/b10-9+. The molecule has 1 rings (SSSR count). The van der Waals surface area contributed by atoms with Gasteiger partial charge in [-0.2, -0.15) is 0 Å². The maximum absolute atomic E-state index is 11.0. The molecule has 0 fully saturated rings. The van der Waals surface area contributed by atoms with Gasteiger partial charge in [-0.3, -0.25) is 0 Å². The molecule has 0 unspecified atom stereocenters. The normalized spacial score (nSPS) is 11.7. The van der Waals surface area contributed by atoms with Gasteiger partial charge in [-0.05, 0) is 19.4 Å². The van der Waals surface area contributed by atoms with Crippen molar-refractivity contribution in [2.75, 3.05) is 7.11 Å². The van der Waals surface area contributed by atoms with Gasteiger partial charge < -0.3 is 10.1 Å². The third kappa shape index (κ3) is 5.31. The molecule has 0 spiro atoms. The SMILES string of the molecule is COC(=O)/C=C/C(C)(C)NCc1ccccc1. The molecule has 0 atom stereocenters. The Morgan fingerprint density at radius 1 is 1.35 bits per heavy atom. The molecular formula is C14H19NO2. The van der Waals surface area contributed by atoms with E-state index >= 15 is 0 Å². The molecule has 1 N–H and O–H groups in total. The minimum atomic E-state index is -0.334. The van der Waals surface area contributed by atoms with Crippen molar-refractivity contribution in [3.63, 3.8) is 0 Å². The van der Waals surface area contributed by atoms with Gasteiger partial charge >= 0.3 is 5.97 Å². The molecule has 0 aliphatic heterocycles. The second kappa shape index (κ2) is 6.21. The Morgan fingerprint density at radius 3 is 2.59 bits per heavy atom. The topological polar surface area (TPSA) is 38.3 Å². The van der Waals surface area contributed by atoms with Gasteiger partial charge in [0, 0.05) is 18.2 Å². The monoisotopic (exact) mass is 233 g/mol. The molecule has 0 saturated heterocycles. The van der Waals surface area contributed by atoms with Gasteiger partial charge in [-0.1, -0.05) is 36.4 Å². The molecule has 17 heavy (non-hydrogen) atoms. The molecule has 0 aliphatic carbocycles. The Morgan fingerprint density at radius 2 is 2.00 bits per heavy atom. The number of ether oxygens (including phenoxy) is 1. The van der Waals surface area contributed by atoms with Crippen LogP contribution in [0, 0.1) is 0 Å². The van der Waals surface area contributed by atoms with Crippen LogP contribution in [-0.2, 0) is 16.1 Å². The first-order chi connectivity index (χ1) is 8.03. The molecule has 0 amide bonds. The smallest absolute Gasteiger partial charge is 0.330 e. The van der Waals surface area contributed by atoms with Crippen molar-refractivity contribution in [3.8, 4) is 0 Å². The highest BCUT2D eigenvalue weighted by Gasteiger charge is 2.12. The average molecular weight is 233 g/mol. The van der Waals surface area contributed by atoms with Crippen molar-refractivity contribution < 1.29 is 9.53 Å². The van der Waals surface area contributed by atoms with E-state index in [1.807, 2.05) is 38.1 Å². The largest absolute Gasteiger partial charge is 0.466 e. The molecule has 0 aliphatic rings. The van der Waals surface area contributed by atoms with Gasteiger partial charge in [0.05, 0.1) is 7.11 Å². The number of methoxy groups -OCH3 is 1. The van der Waals surface area contributed by atoms with Gasteiger partial charge in [-0.15, -0.1) is 0 Å². The summed E-state index contributed by atoms with van der Waals surface area (Å²) in [6.45, 7) is 4.78. The molecule has 3 heteroatoms. The fraction of sp³-hybridized carbons (Fsp3) is 0.357. The van der Waals surface area contributed by atoms with E-state index < -0.39 is 0 Å². The highest BCUT2D eigenvalue weighted by molar-refractivity contribution is 5.81. The summed E-state index contributed by atoms with van der Waals surface area (Å²) in [5.74, 6) is -0.334. The lowest BCUT2D eigenvalue weighted by Crippen LogP contribution is -2.36. The second-order valence-electron chi connectivity index (χ2n) is 4.42. The lowest BCUT2D eigenvalue weighted by molar-refractivity contribution is -0.134. The summed E-state index contributed by atoms with van der Waals surface area (Å²) in [6, 6.07) is 10.1. The van der Waals surface area contributed by atoms with E-state index in [0.717, 1.165) is 6.54 Å². The molecule has 1 aromatic rings. The summed E-state index contributed by atoms with van der Waals surface area (Å²) < 4.78 is 4.55. The van der Waals surface area contributed by atoms with Crippen molar-refractivity contribution >= 4 is 5.97 Å². The molecule has 0 radical (unpaired) electrons. The fourth-order valence-corrected chi connectivity index (χ4v) is 1.33. The van der Waals surface area contributed by atoms with Crippen LogP contribution < -0.4 is 5.32 Å². The van der Waals surface area contributed by atoms with Crippen LogP contribution in [0.25, 0.3) is 0 Å². The number of nitrogens with one attached hydrogen (secondary N) is 1. The van der Waals surface area contributed by atoms with Crippen LogP contribution in [0.4, 0.5) is 0 Å². The zero-order valence-electron chi connectivity index (χ0n) is 10.6. The van der Waals surface area contributed by atoms with E-state index in [9.17, 15) is 4.79 Å². The molecule has 0 heterocycles. The lowest BCUT2D eigenvalue weighted by Gasteiger charge is -2.22. The van der Waals surface area contributed by atoms with Crippen molar-refractivity contribution in [2.45, 2.75) is 25.9 Å². The minimum absolute atomic E-state index is 0.246. The summed E-state index contributed by atoms with van der Waals surface area (Å²) in [7, 11) is 1.37. The number of rotatable bonds is 5. The quantitative estimate of drug-likeness (QED) is 0.626. The Hall–Kier alpha value is -1.61. The number of carbonyl (C=O) groups excluding carboxylic acids is 1. The van der Waals surface area contributed by atoms with Gasteiger partial charge in [0.15, 0.2) is 0 Å². The van der Waals surface area contributed by atoms with Crippen molar-refractivity contribution in [1.29, 1.82) is 0 Å². The van der Waals surface area contributed by atoms with Gasteiger partial charge in [-0.25, -0.2) is 4.79 Å². The van der Waals surface area contributed by atoms with E-state index in [0.29, 0.717) is 0 Å². The maximum atomic E-state index is 11.0. The number of hydrogen-bond acceptors (Lipinski definition) is 3. The summed E-state index contributed by atoms with van der Waals surface area (Å²) >= 11 is 0. The highest BCUT2D eigenvalue weighted by Crippen LogP contribution is 2.07. The fourth-order valence-electron chi connectivity index (χ4n) is 1.33. The lowest BCUT2D eigenvalue weighted by atomic mass is 10.0. The minimum Gasteiger partial charge on any atom is -0.466 e. The zero-order valence-corrected chi connectivity index (χ0v) is 10.6. The van der Waals surface area contributed by atoms with Crippen LogP contribution in [-0.4, -0.2) is 18.6 Å². The summed E-state index contributed by atoms with van der Waals surface area (Å²) in [5.41, 5.74) is 0.969. The van der Waals surface area contributed by atoms with Gasteiger partial charge in [0.1, 0.15) is 0 Å². The first-order valence-electron chi connectivity index (χ1n) is 5.59. The predicted molar refractivity (Wildman–Crippen MR) is 68.5 cm³/mol. The van der Waals surface area contributed by atoms with E-state index in [2.05, 4.69) is 22.2 Å². The van der Waals surface area contributed by atoms with Crippen LogP contribution in [0.3, 0.4) is 0 Å². The first-order valence-corrected chi connectivity index (χ1v) is 5.59. The van der Waals surface area contributed by atoms with E-state index in [-0.39, 0.29) is 11.5 Å². The third-order valence-corrected chi connectivity index (χ3v) is 2.43. The van der Waals surface area contributed by atoms with Crippen molar-refractivity contribution in [3.05, 3.63) is 48.0 Å². The predicted octanol–water partition coefficient (Wildman–Crippen LogP) is 2.28. The average Bonchev–Trinajstić information content (AvgIpc) is 2.35. The Labute approximate surface area is 102 Å². The Bertz CT molecular complexity index is 382. The van der Waals surface area contributed by atoms with Gasteiger partial charge in [0.2, 0.25) is 0 Å². The molecular weight excluding hydrogens is 214 g/mol. The van der Waals surface area contributed by atoms with Crippen LogP contribution in [0.15, 0.2) is 42.5 Å². The number of esters is 1. The number of carbonyl (C=O) groups is 1. The molecule has 1 aromatic carbocycles. The van der Waals surface area contributed by atoms with E-state index in [4.69, 9.17) is 0 Å².